The molecule has 6 N–H and O–H groups in total. The van der Waals surface area contributed by atoms with Crippen LogP contribution in [0.5, 0.6) is 17.2 Å². The number of methoxy groups -OCH3 is 2. The number of para-hydroxylation sites is 1. The van der Waals surface area contributed by atoms with E-state index in [4.69, 9.17) is 20.9 Å². The van der Waals surface area contributed by atoms with Crippen LogP contribution in [0.4, 0.5) is 5.69 Å². The molecule has 0 fully saturated rings. The number of amides is 1. The number of nitrogens with one attached hydrogen (secondary N) is 1. The predicted molar refractivity (Wildman–Crippen MR) is 164 cm³/mol. The van der Waals surface area contributed by atoms with E-state index in [2.05, 4.69) is 53.9 Å². The van der Waals surface area contributed by atoms with E-state index >= 15 is 0 Å². The third-order valence-corrected chi connectivity index (χ3v) is 4.71. The number of nitrogens with two attached hydrogens (primary N) is 2. The zero-order valence-corrected chi connectivity index (χ0v) is 24.7. The zero-order valence-electron chi connectivity index (χ0n) is 24.7. The Kier molecular flexibility index (Phi) is 16.5. The maximum Gasteiger partial charge on any atom is 0.257 e. The SMILES string of the molecule is C#C.CC(C)C.CN=C(N)C(N)=NC(CNCc1ccc(OC)c(OC)c1)=Nc1cccc(C(=O)N(C)C)c1O. The number of carbonyl (C=O) groups excluding carboxylic acids is 1. The van der Waals surface area contributed by atoms with E-state index < -0.39 is 0 Å². The monoisotopic (exact) mass is 553 g/mol. The maximum absolute atomic E-state index is 12.3. The van der Waals surface area contributed by atoms with Crippen molar-refractivity contribution in [3.8, 4) is 30.1 Å². The van der Waals surface area contributed by atoms with E-state index in [0.29, 0.717) is 18.0 Å². The van der Waals surface area contributed by atoms with Gasteiger partial charge in [-0.15, -0.1) is 12.8 Å². The van der Waals surface area contributed by atoms with Gasteiger partial charge in [-0.05, 0) is 35.7 Å². The minimum atomic E-state index is -0.354. The van der Waals surface area contributed by atoms with Crippen molar-refractivity contribution in [1.82, 2.24) is 10.2 Å². The Morgan fingerprint density at radius 3 is 2.17 bits per heavy atom. The number of hydrogen-bond donors (Lipinski definition) is 4. The number of benzene rings is 2. The molecule has 1 amide bonds. The highest BCUT2D eigenvalue weighted by Crippen LogP contribution is 2.31. The molecule has 0 heterocycles. The molecular weight excluding hydrogens is 510 g/mol. The number of aromatic hydroxyl groups is 1. The van der Waals surface area contributed by atoms with Gasteiger partial charge in [-0.2, -0.15) is 0 Å². The molecular formula is C29H43N7O4. The Balaban J connectivity index is 0.00000232. The van der Waals surface area contributed by atoms with Crippen LogP contribution in [-0.4, -0.2) is 75.3 Å². The fourth-order valence-electron chi connectivity index (χ4n) is 2.90. The average Bonchev–Trinajstić information content (AvgIpc) is 2.93. The minimum Gasteiger partial charge on any atom is -0.505 e. The number of carbonyl (C=O) groups is 1. The molecule has 2 rings (SSSR count). The average molecular weight is 554 g/mol. The summed E-state index contributed by atoms with van der Waals surface area (Å²) in [6.45, 7) is 7.13. The lowest BCUT2D eigenvalue weighted by Gasteiger charge is -2.13. The van der Waals surface area contributed by atoms with E-state index in [1.165, 1.54) is 18.0 Å². The normalized spacial score (nSPS) is 11.5. The number of amidine groups is 3. The molecule has 0 aliphatic carbocycles. The summed E-state index contributed by atoms with van der Waals surface area (Å²) in [6.07, 6.45) is 8.00. The third-order valence-electron chi connectivity index (χ3n) is 4.71. The van der Waals surface area contributed by atoms with Crippen LogP contribution >= 0.6 is 0 Å². The van der Waals surface area contributed by atoms with Gasteiger partial charge in [-0.3, -0.25) is 9.79 Å². The van der Waals surface area contributed by atoms with Gasteiger partial charge < -0.3 is 36.3 Å². The van der Waals surface area contributed by atoms with Crippen molar-refractivity contribution in [2.24, 2.45) is 32.4 Å². The Bertz CT molecular complexity index is 1200. The number of ether oxygens (including phenoxy) is 2. The fourth-order valence-corrected chi connectivity index (χ4v) is 2.90. The Labute approximate surface area is 238 Å². The lowest BCUT2D eigenvalue weighted by molar-refractivity contribution is 0.0824. The highest BCUT2D eigenvalue weighted by Gasteiger charge is 2.16. The molecule has 2 aromatic carbocycles. The third kappa shape index (κ3) is 11.9. The van der Waals surface area contributed by atoms with Gasteiger partial charge in [0.05, 0.1) is 26.3 Å². The van der Waals surface area contributed by atoms with E-state index in [-0.39, 0.29) is 47.0 Å². The summed E-state index contributed by atoms with van der Waals surface area (Å²) in [7, 11) is 7.82. The van der Waals surface area contributed by atoms with Crippen molar-refractivity contribution in [2.45, 2.75) is 27.3 Å². The van der Waals surface area contributed by atoms with E-state index in [0.717, 1.165) is 11.5 Å². The van der Waals surface area contributed by atoms with Crippen LogP contribution in [0.2, 0.25) is 0 Å². The lowest BCUT2D eigenvalue weighted by Crippen LogP contribution is -2.33. The number of phenolic OH excluding ortho intramolecular Hbond substituents is 1. The first-order valence-electron chi connectivity index (χ1n) is 12.4. The standard InChI is InChI=1S/C23H31N7O4.C4H10.C2H2/c1-26-21(24)22(25)29-19(13-27-12-14-9-10-17(33-4)18(11-14)34-5)28-16-8-6-7-15(20(16)31)23(32)30(2)3;1-4(2)3;1-2/h6-11,27,31H,12-13H2,1-5H3,(H2,24,26)(H2,25,28,29);4H,1-3H3;1-2H. The molecule has 0 aromatic heterocycles. The molecule has 0 saturated carbocycles. The summed E-state index contributed by atoms with van der Waals surface area (Å²) in [5.41, 5.74) is 12.9. The minimum absolute atomic E-state index is 0.0193. The van der Waals surface area contributed by atoms with Gasteiger partial charge in [0.2, 0.25) is 0 Å². The first-order chi connectivity index (χ1) is 18.9. The Morgan fingerprint density at radius 1 is 1.05 bits per heavy atom. The van der Waals surface area contributed by atoms with Crippen molar-refractivity contribution in [3.05, 3.63) is 47.5 Å². The second-order valence-electron chi connectivity index (χ2n) is 9.03. The largest absolute Gasteiger partial charge is 0.505 e. The zero-order chi connectivity index (χ0) is 30.8. The van der Waals surface area contributed by atoms with Crippen LogP contribution in [0.25, 0.3) is 0 Å². The molecule has 0 saturated heterocycles. The van der Waals surface area contributed by atoms with Gasteiger partial charge in [0, 0.05) is 27.7 Å². The predicted octanol–water partition coefficient (Wildman–Crippen LogP) is 3.19. The molecule has 0 aliphatic rings. The number of phenols is 1. The number of terminal acetylenes is 1. The number of aliphatic imine (C=N–C) groups is 3. The van der Waals surface area contributed by atoms with Crippen LogP contribution in [0, 0.1) is 18.8 Å². The highest BCUT2D eigenvalue weighted by atomic mass is 16.5. The second-order valence-corrected chi connectivity index (χ2v) is 9.03. The van der Waals surface area contributed by atoms with Crippen molar-refractivity contribution in [2.75, 3.05) is 41.9 Å². The van der Waals surface area contributed by atoms with Crippen molar-refractivity contribution >= 4 is 29.1 Å². The number of rotatable bonds is 8. The molecule has 0 unspecified atom stereocenters. The topological polar surface area (TPSA) is 160 Å². The summed E-state index contributed by atoms with van der Waals surface area (Å²) in [6, 6.07) is 10.3. The molecule has 40 heavy (non-hydrogen) atoms. The molecule has 11 heteroatoms. The molecule has 0 atom stereocenters. The molecule has 0 bridgehead atoms. The smallest absolute Gasteiger partial charge is 0.257 e. The molecule has 0 radical (unpaired) electrons. The van der Waals surface area contributed by atoms with Crippen LogP contribution < -0.4 is 26.3 Å². The van der Waals surface area contributed by atoms with Gasteiger partial charge in [-0.25, -0.2) is 9.98 Å². The summed E-state index contributed by atoms with van der Waals surface area (Å²) >= 11 is 0. The van der Waals surface area contributed by atoms with Gasteiger partial charge in [0.1, 0.15) is 11.5 Å². The van der Waals surface area contributed by atoms with Crippen molar-refractivity contribution < 1.29 is 19.4 Å². The molecule has 0 spiro atoms. The van der Waals surface area contributed by atoms with Gasteiger partial charge >= 0.3 is 0 Å². The molecule has 2 aromatic rings. The van der Waals surface area contributed by atoms with Crippen LogP contribution in [0.15, 0.2) is 51.4 Å². The quantitative estimate of drug-likeness (QED) is 0.222. The van der Waals surface area contributed by atoms with Crippen LogP contribution in [-0.2, 0) is 6.54 Å². The van der Waals surface area contributed by atoms with Gasteiger partial charge in [0.25, 0.3) is 5.91 Å². The van der Waals surface area contributed by atoms with E-state index in [1.54, 1.807) is 40.4 Å². The maximum atomic E-state index is 12.3. The van der Waals surface area contributed by atoms with E-state index in [1.807, 2.05) is 18.2 Å². The first kappa shape index (κ1) is 35.4. The molecule has 218 valence electrons. The summed E-state index contributed by atoms with van der Waals surface area (Å²) < 4.78 is 10.6. The summed E-state index contributed by atoms with van der Waals surface area (Å²) in [4.78, 5) is 26.2. The van der Waals surface area contributed by atoms with E-state index in [9.17, 15) is 9.90 Å². The Morgan fingerprint density at radius 2 is 1.65 bits per heavy atom. The van der Waals surface area contributed by atoms with Crippen LogP contribution in [0.3, 0.4) is 0 Å². The summed E-state index contributed by atoms with van der Waals surface area (Å²) in [5, 5.41) is 13.8. The van der Waals surface area contributed by atoms with Gasteiger partial charge in [0.15, 0.2) is 28.9 Å². The van der Waals surface area contributed by atoms with Crippen molar-refractivity contribution in [1.29, 1.82) is 0 Å². The van der Waals surface area contributed by atoms with Crippen LogP contribution in [0.1, 0.15) is 36.7 Å². The molecule has 0 aliphatic heterocycles. The Hall–Kier alpha value is -4.56. The highest BCUT2D eigenvalue weighted by molar-refractivity contribution is 6.40. The van der Waals surface area contributed by atoms with Gasteiger partial charge in [-0.1, -0.05) is 32.9 Å². The van der Waals surface area contributed by atoms with Crippen molar-refractivity contribution in [3.63, 3.8) is 0 Å². The number of nitrogens with zero attached hydrogens (tertiary/aromatic N) is 4. The number of hydrogen-bond acceptors (Lipinski definition) is 7. The fraction of sp³-hybridized carbons (Fsp3) is 0.379. The summed E-state index contributed by atoms with van der Waals surface area (Å²) in [5.74, 6) is 1.72. The molecule has 11 nitrogen and oxygen atoms in total. The lowest BCUT2D eigenvalue weighted by atomic mass is 10.1. The first-order valence-corrected chi connectivity index (χ1v) is 12.4. The second kappa shape index (κ2) is 18.7.